The highest BCUT2D eigenvalue weighted by atomic mass is 35.5. The lowest BCUT2D eigenvalue weighted by atomic mass is 10.3. The van der Waals surface area contributed by atoms with E-state index in [0.29, 0.717) is 6.07 Å². The third-order valence-corrected chi connectivity index (χ3v) is 1.90. The van der Waals surface area contributed by atoms with Gasteiger partial charge in [0.25, 0.3) is 0 Å². The van der Waals surface area contributed by atoms with Gasteiger partial charge < -0.3 is 14.9 Å². The molecule has 0 aliphatic rings. The Morgan fingerprint density at radius 3 is 2.53 bits per heavy atom. The Morgan fingerprint density at radius 1 is 1.53 bits per heavy atom. The molecule has 17 heavy (non-hydrogen) atoms. The topological polar surface area (TPSA) is 85.2 Å². The van der Waals surface area contributed by atoms with Crippen molar-refractivity contribution >= 4 is 17.4 Å². The third-order valence-electron chi connectivity index (χ3n) is 1.64. The minimum Gasteiger partial charge on any atom is -0.405 e. The summed E-state index contributed by atoms with van der Waals surface area (Å²) in [5.74, 6) is -2.47. The van der Waals surface area contributed by atoms with Crippen LogP contribution in [0, 0.1) is 10.1 Å². The second-order valence-electron chi connectivity index (χ2n) is 2.77. The van der Waals surface area contributed by atoms with Crippen LogP contribution in [0.1, 0.15) is 5.56 Å². The lowest BCUT2D eigenvalue weighted by molar-refractivity contribution is -0.389. The average molecular weight is 273 g/mol. The zero-order valence-corrected chi connectivity index (χ0v) is 8.63. The van der Waals surface area contributed by atoms with Crippen LogP contribution >= 0.6 is 11.6 Å². The number of aromatic amines is 1. The molecule has 0 fully saturated rings. The zero-order valence-electron chi connectivity index (χ0n) is 7.88. The van der Waals surface area contributed by atoms with Crippen LogP contribution in [-0.4, -0.2) is 16.3 Å². The highest BCUT2D eigenvalue weighted by Crippen LogP contribution is 2.27. The van der Waals surface area contributed by atoms with E-state index in [1.54, 1.807) is 4.98 Å². The molecule has 0 radical (unpaired) electrons. The molecule has 0 saturated heterocycles. The molecule has 1 N–H and O–H groups in total. The fourth-order valence-corrected chi connectivity index (χ4v) is 1.24. The van der Waals surface area contributed by atoms with Gasteiger partial charge in [0.15, 0.2) is 0 Å². The Labute approximate surface area is 96.1 Å². The Hall–Kier alpha value is -1.77. The van der Waals surface area contributed by atoms with Crippen molar-refractivity contribution in [2.24, 2.45) is 0 Å². The summed E-state index contributed by atoms with van der Waals surface area (Å²) in [6.45, 7) is 0. The predicted octanol–water partition coefficient (Wildman–Crippen LogP) is 1.92. The maximum atomic E-state index is 12.0. The number of nitrogens with zero attached hydrogens (tertiary/aromatic N) is 1. The Bertz CT molecular complexity index is 499. The van der Waals surface area contributed by atoms with Gasteiger partial charge in [-0.05, 0) is 4.92 Å². The minimum atomic E-state index is -5.07. The van der Waals surface area contributed by atoms with E-state index < -0.39 is 39.9 Å². The minimum absolute atomic E-state index is 0.451. The van der Waals surface area contributed by atoms with Crippen molar-refractivity contribution in [3.05, 3.63) is 32.1 Å². The molecule has 10 heteroatoms. The Morgan fingerprint density at radius 2 is 2.12 bits per heavy atom. The van der Waals surface area contributed by atoms with E-state index in [-0.39, 0.29) is 0 Å². The van der Waals surface area contributed by atoms with E-state index in [0.717, 1.165) is 0 Å². The second-order valence-corrected chi connectivity index (χ2v) is 3.03. The van der Waals surface area contributed by atoms with Crippen molar-refractivity contribution in [3.63, 3.8) is 0 Å². The van der Waals surface area contributed by atoms with E-state index in [2.05, 4.69) is 4.74 Å². The molecule has 0 aliphatic heterocycles. The van der Waals surface area contributed by atoms with Gasteiger partial charge in [0.2, 0.25) is 0 Å². The standard InChI is InChI=1S/C7H4ClF3N2O4/c8-2-3-4(17-7(9,10)11)1-5(13(15)16)12-6(3)14/h1H,2H2,(H,12,14). The number of nitrogens with one attached hydrogen (secondary N) is 1. The molecule has 0 aromatic carbocycles. The van der Waals surface area contributed by atoms with Crippen LogP contribution in [0.25, 0.3) is 0 Å². The first-order chi connectivity index (χ1) is 7.74. The van der Waals surface area contributed by atoms with Crippen LogP contribution in [0.5, 0.6) is 5.75 Å². The molecular formula is C7H4ClF3N2O4. The number of hydrogen-bond acceptors (Lipinski definition) is 4. The number of halogens is 4. The number of hydrogen-bond donors (Lipinski definition) is 1. The zero-order chi connectivity index (χ0) is 13.2. The summed E-state index contributed by atoms with van der Waals surface area (Å²) in [6, 6.07) is 0.451. The first kappa shape index (κ1) is 13.3. The quantitative estimate of drug-likeness (QED) is 0.517. The molecule has 0 atom stereocenters. The molecule has 1 rings (SSSR count). The molecule has 0 bridgehead atoms. The number of alkyl halides is 4. The highest BCUT2D eigenvalue weighted by Gasteiger charge is 2.33. The summed E-state index contributed by atoms with van der Waals surface area (Å²) >= 11 is 5.26. The van der Waals surface area contributed by atoms with Crippen LogP contribution in [0.15, 0.2) is 10.9 Å². The van der Waals surface area contributed by atoms with Gasteiger partial charge >= 0.3 is 17.7 Å². The van der Waals surface area contributed by atoms with Gasteiger partial charge in [-0.2, -0.15) is 0 Å². The summed E-state index contributed by atoms with van der Waals surface area (Å²) in [6.07, 6.45) is -5.07. The molecule has 94 valence electrons. The highest BCUT2D eigenvalue weighted by molar-refractivity contribution is 6.17. The summed E-state index contributed by atoms with van der Waals surface area (Å²) in [4.78, 5) is 22.2. The van der Waals surface area contributed by atoms with Crippen LogP contribution < -0.4 is 10.3 Å². The van der Waals surface area contributed by atoms with Crippen LogP contribution in [0.2, 0.25) is 0 Å². The first-order valence-corrected chi connectivity index (χ1v) is 4.50. The van der Waals surface area contributed by atoms with E-state index in [1.165, 1.54) is 0 Å². The van der Waals surface area contributed by atoms with E-state index in [1.807, 2.05) is 0 Å². The number of pyridine rings is 1. The van der Waals surface area contributed by atoms with Crippen molar-refractivity contribution in [3.8, 4) is 5.75 Å². The molecule has 0 amide bonds. The molecule has 1 heterocycles. The van der Waals surface area contributed by atoms with E-state index >= 15 is 0 Å². The fraction of sp³-hybridized carbons (Fsp3) is 0.286. The summed E-state index contributed by atoms with van der Waals surface area (Å²) < 4.78 is 39.4. The number of aromatic nitrogens is 1. The molecule has 1 aromatic heterocycles. The molecule has 0 aliphatic carbocycles. The SMILES string of the molecule is O=c1[nH]c([N+](=O)[O-])cc(OC(F)(F)F)c1CCl. The summed E-state index contributed by atoms with van der Waals surface area (Å²) in [5.41, 5.74) is -1.64. The summed E-state index contributed by atoms with van der Waals surface area (Å²) in [7, 11) is 0. The predicted molar refractivity (Wildman–Crippen MR) is 50.0 cm³/mol. The number of nitro groups is 1. The molecule has 6 nitrogen and oxygen atoms in total. The largest absolute Gasteiger partial charge is 0.573 e. The van der Waals surface area contributed by atoms with Gasteiger partial charge in [0.05, 0.1) is 17.5 Å². The molecule has 0 spiro atoms. The van der Waals surface area contributed by atoms with Crippen molar-refractivity contribution in [1.29, 1.82) is 0 Å². The number of ether oxygens (including phenoxy) is 1. The van der Waals surface area contributed by atoms with Gasteiger partial charge in [0, 0.05) is 0 Å². The third kappa shape index (κ3) is 3.34. The van der Waals surface area contributed by atoms with Crippen molar-refractivity contribution in [1.82, 2.24) is 4.98 Å². The van der Waals surface area contributed by atoms with Crippen molar-refractivity contribution in [2.45, 2.75) is 12.2 Å². The van der Waals surface area contributed by atoms with Gasteiger partial charge in [-0.1, -0.05) is 0 Å². The molecule has 0 unspecified atom stereocenters. The van der Waals surface area contributed by atoms with Gasteiger partial charge in [-0.25, -0.2) is 9.78 Å². The van der Waals surface area contributed by atoms with E-state index in [4.69, 9.17) is 11.6 Å². The van der Waals surface area contributed by atoms with Crippen LogP contribution in [0.3, 0.4) is 0 Å². The Balaban J connectivity index is 3.34. The molecular weight excluding hydrogens is 269 g/mol. The Kier molecular flexibility index (Phi) is 3.61. The second kappa shape index (κ2) is 4.62. The van der Waals surface area contributed by atoms with Crippen LogP contribution in [0.4, 0.5) is 19.0 Å². The normalized spacial score (nSPS) is 11.3. The number of rotatable bonds is 3. The van der Waals surface area contributed by atoms with Gasteiger partial charge in [-0.15, -0.1) is 24.8 Å². The number of H-pyrrole nitrogens is 1. The monoisotopic (exact) mass is 272 g/mol. The van der Waals surface area contributed by atoms with E-state index in [9.17, 15) is 28.1 Å². The van der Waals surface area contributed by atoms with Crippen molar-refractivity contribution in [2.75, 3.05) is 0 Å². The summed E-state index contributed by atoms with van der Waals surface area (Å²) in [5, 5.41) is 10.3. The first-order valence-electron chi connectivity index (χ1n) is 3.97. The average Bonchev–Trinajstić information content (AvgIpc) is 2.14. The van der Waals surface area contributed by atoms with Gasteiger partial charge in [-0.3, -0.25) is 0 Å². The lowest BCUT2D eigenvalue weighted by Crippen LogP contribution is -2.22. The smallest absolute Gasteiger partial charge is 0.405 e. The van der Waals surface area contributed by atoms with Crippen LogP contribution in [-0.2, 0) is 5.88 Å². The molecule has 1 aromatic rings. The van der Waals surface area contributed by atoms with Crippen molar-refractivity contribution < 1.29 is 22.8 Å². The van der Waals surface area contributed by atoms with Gasteiger partial charge in [0.1, 0.15) is 5.75 Å². The lowest BCUT2D eigenvalue weighted by Gasteiger charge is -2.10. The maximum Gasteiger partial charge on any atom is 0.573 e. The fourth-order valence-electron chi connectivity index (χ4n) is 0.992. The maximum absolute atomic E-state index is 12.0. The molecule has 0 saturated carbocycles.